The lowest BCUT2D eigenvalue weighted by Crippen LogP contribution is -2.55. The van der Waals surface area contributed by atoms with Gasteiger partial charge >= 0.3 is 12.1 Å². The van der Waals surface area contributed by atoms with E-state index in [0.29, 0.717) is 47.9 Å². The molecule has 0 bridgehead atoms. The Bertz CT molecular complexity index is 1720. The number of nitriles is 1. The molecule has 0 radical (unpaired) electrons. The molecule has 11 heteroatoms. The van der Waals surface area contributed by atoms with E-state index in [2.05, 4.69) is 43.1 Å². The van der Waals surface area contributed by atoms with E-state index >= 15 is 0 Å². The van der Waals surface area contributed by atoms with E-state index in [4.69, 9.17) is 24.4 Å². The molecular formula is C32H35N7O4. The zero-order valence-corrected chi connectivity index (χ0v) is 24.7. The van der Waals surface area contributed by atoms with Crippen LogP contribution in [-0.4, -0.2) is 95.0 Å². The predicted octanol–water partition coefficient (Wildman–Crippen LogP) is 4.72. The van der Waals surface area contributed by atoms with Crippen LogP contribution in [0.3, 0.4) is 0 Å². The van der Waals surface area contributed by atoms with Crippen molar-refractivity contribution >= 4 is 33.6 Å². The van der Waals surface area contributed by atoms with Gasteiger partial charge in [-0.1, -0.05) is 36.4 Å². The van der Waals surface area contributed by atoms with Gasteiger partial charge in [0.25, 0.3) is 0 Å². The first kappa shape index (κ1) is 28.4. The third kappa shape index (κ3) is 5.34. The molecule has 222 valence electrons. The number of ether oxygens (including phenoxy) is 2. The number of carboxylic acid groups (broad SMARTS) is 1. The van der Waals surface area contributed by atoms with Gasteiger partial charge < -0.3 is 29.3 Å². The maximum atomic E-state index is 11.9. The van der Waals surface area contributed by atoms with E-state index in [9.17, 15) is 15.2 Å². The highest BCUT2D eigenvalue weighted by Crippen LogP contribution is 2.41. The van der Waals surface area contributed by atoms with E-state index in [1.54, 1.807) is 13.3 Å². The van der Waals surface area contributed by atoms with Crippen LogP contribution in [0.1, 0.15) is 24.8 Å². The molecule has 0 aliphatic carbocycles. The van der Waals surface area contributed by atoms with Crippen molar-refractivity contribution in [3.8, 4) is 29.1 Å². The van der Waals surface area contributed by atoms with E-state index in [1.165, 1.54) is 4.90 Å². The van der Waals surface area contributed by atoms with Crippen molar-refractivity contribution in [1.29, 1.82) is 5.26 Å². The second-order valence-electron chi connectivity index (χ2n) is 11.2. The number of hydrogen-bond donors (Lipinski definition) is 1. The van der Waals surface area contributed by atoms with E-state index in [-0.39, 0.29) is 25.0 Å². The summed E-state index contributed by atoms with van der Waals surface area (Å²) in [6, 6.07) is 14.5. The SMILES string of the molecule is COc1c(-c2cccc3cccc(C)c23)ncc2c(N3CCN(C(=O)O)C(CC#N)C3)nc(OC[C@@H]3CCCN3C)nc12. The minimum atomic E-state index is -1.03. The molecule has 4 aromatic rings. The van der Waals surface area contributed by atoms with Gasteiger partial charge in [0.15, 0.2) is 5.75 Å². The topological polar surface area (TPSA) is 128 Å². The standard InChI is InChI=1S/C32H35N7O4/c1-20-7-4-8-21-9-5-11-24(26(20)21)27-29(42-3)28-25(17-34-27)30(36-31(35-28)43-19-23-10-6-14-37(23)2)38-15-16-39(32(40)41)22(18-38)12-13-33/h4-5,7-9,11,17,22-23H,6,10,12,14-16,18-19H2,1-3H3,(H,40,41)/t22?,23-/m0/s1. The van der Waals surface area contributed by atoms with Gasteiger partial charge in [0.05, 0.1) is 31.0 Å². The van der Waals surface area contributed by atoms with Gasteiger partial charge in [0, 0.05) is 37.4 Å². The number of pyridine rings is 1. The highest BCUT2D eigenvalue weighted by molar-refractivity contribution is 6.03. The van der Waals surface area contributed by atoms with Gasteiger partial charge in [-0.2, -0.15) is 15.2 Å². The fourth-order valence-corrected chi connectivity index (χ4v) is 6.39. The number of hydrogen-bond acceptors (Lipinski definition) is 9. The van der Waals surface area contributed by atoms with Gasteiger partial charge in [-0.05, 0) is 49.7 Å². The minimum absolute atomic E-state index is 0.0787. The van der Waals surface area contributed by atoms with Crippen LogP contribution in [0, 0.1) is 18.3 Å². The normalized spacial score (nSPS) is 19.1. The Morgan fingerprint density at radius 3 is 2.67 bits per heavy atom. The summed E-state index contributed by atoms with van der Waals surface area (Å²) in [7, 11) is 3.71. The number of carbonyl (C=O) groups is 1. The van der Waals surface area contributed by atoms with Crippen molar-refractivity contribution in [2.45, 2.75) is 38.3 Å². The Morgan fingerprint density at radius 2 is 1.95 bits per heavy atom. The van der Waals surface area contributed by atoms with Crippen molar-refractivity contribution in [3.63, 3.8) is 0 Å². The molecule has 1 amide bonds. The average Bonchev–Trinajstić information content (AvgIpc) is 3.43. The van der Waals surface area contributed by atoms with Crippen molar-refractivity contribution < 1.29 is 19.4 Å². The molecule has 4 heterocycles. The number of likely N-dealkylation sites (tertiary alicyclic amines) is 1. The first-order chi connectivity index (χ1) is 20.9. The monoisotopic (exact) mass is 581 g/mol. The zero-order chi connectivity index (χ0) is 30.1. The average molecular weight is 582 g/mol. The number of aromatic nitrogens is 3. The number of fused-ring (bicyclic) bond motifs is 2. The number of piperazine rings is 1. The van der Waals surface area contributed by atoms with Gasteiger partial charge in [-0.15, -0.1) is 0 Å². The summed E-state index contributed by atoms with van der Waals surface area (Å²) < 4.78 is 12.3. The minimum Gasteiger partial charge on any atom is -0.492 e. The van der Waals surface area contributed by atoms with E-state index in [1.807, 2.05) is 23.1 Å². The van der Waals surface area contributed by atoms with Gasteiger partial charge in [0.1, 0.15) is 23.6 Å². The van der Waals surface area contributed by atoms with Crippen LogP contribution in [0.15, 0.2) is 42.6 Å². The molecule has 2 aliphatic rings. The summed E-state index contributed by atoms with van der Waals surface area (Å²) >= 11 is 0. The quantitative estimate of drug-likeness (QED) is 0.327. The molecule has 2 aromatic heterocycles. The lowest BCUT2D eigenvalue weighted by atomic mass is 9.97. The van der Waals surface area contributed by atoms with Gasteiger partial charge in [0.2, 0.25) is 0 Å². The molecule has 2 saturated heterocycles. The molecule has 43 heavy (non-hydrogen) atoms. The van der Waals surface area contributed by atoms with Crippen LogP contribution in [0.4, 0.5) is 10.6 Å². The van der Waals surface area contributed by atoms with Crippen molar-refractivity contribution in [1.82, 2.24) is 24.8 Å². The molecular weight excluding hydrogens is 546 g/mol. The van der Waals surface area contributed by atoms with Crippen molar-refractivity contribution in [3.05, 3.63) is 48.2 Å². The number of amides is 1. The number of benzene rings is 2. The van der Waals surface area contributed by atoms with Crippen LogP contribution in [0.5, 0.6) is 11.8 Å². The van der Waals surface area contributed by atoms with E-state index in [0.717, 1.165) is 41.3 Å². The first-order valence-electron chi connectivity index (χ1n) is 14.6. The number of anilines is 1. The van der Waals surface area contributed by atoms with Crippen molar-refractivity contribution in [2.75, 3.05) is 51.8 Å². The third-order valence-electron chi connectivity index (χ3n) is 8.66. The summed E-state index contributed by atoms with van der Waals surface area (Å²) in [5.41, 5.74) is 3.30. The highest BCUT2D eigenvalue weighted by Gasteiger charge is 2.33. The van der Waals surface area contributed by atoms with Gasteiger partial charge in [-0.3, -0.25) is 4.98 Å². The van der Waals surface area contributed by atoms with Crippen LogP contribution in [-0.2, 0) is 0 Å². The second kappa shape index (κ2) is 11.9. The Balaban J connectivity index is 1.49. The predicted molar refractivity (Wildman–Crippen MR) is 164 cm³/mol. The Morgan fingerprint density at radius 1 is 1.14 bits per heavy atom. The summed E-state index contributed by atoms with van der Waals surface area (Å²) in [5.74, 6) is 1.09. The highest BCUT2D eigenvalue weighted by atomic mass is 16.5. The lowest BCUT2D eigenvalue weighted by molar-refractivity contribution is 0.119. The smallest absolute Gasteiger partial charge is 0.407 e. The molecule has 0 spiro atoms. The maximum absolute atomic E-state index is 11.9. The Hall–Kier alpha value is -4.69. The first-order valence-corrected chi connectivity index (χ1v) is 14.6. The molecule has 2 aliphatic heterocycles. The van der Waals surface area contributed by atoms with Crippen LogP contribution in [0.25, 0.3) is 32.9 Å². The summed E-state index contributed by atoms with van der Waals surface area (Å²) in [4.78, 5) is 32.1. The van der Waals surface area contributed by atoms with Crippen molar-refractivity contribution in [2.24, 2.45) is 0 Å². The maximum Gasteiger partial charge on any atom is 0.407 e. The summed E-state index contributed by atoms with van der Waals surface area (Å²) in [6.45, 7) is 4.52. The molecule has 11 nitrogen and oxygen atoms in total. The second-order valence-corrected chi connectivity index (χ2v) is 11.2. The fourth-order valence-electron chi connectivity index (χ4n) is 6.39. The molecule has 6 rings (SSSR count). The number of methoxy groups -OCH3 is 1. The summed E-state index contributed by atoms with van der Waals surface area (Å²) in [6.07, 6.45) is 2.97. The van der Waals surface area contributed by atoms with Crippen LogP contribution in [0.2, 0.25) is 0 Å². The van der Waals surface area contributed by atoms with Crippen LogP contribution < -0.4 is 14.4 Å². The molecule has 2 atom stereocenters. The third-order valence-corrected chi connectivity index (χ3v) is 8.66. The lowest BCUT2D eigenvalue weighted by Gasteiger charge is -2.39. The number of rotatable bonds is 7. The number of likely N-dealkylation sites (N-methyl/N-ethyl adjacent to an activating group) is 1. The Labute approximate surface area is 250 Å². The number of nitrogens with zero attached hydrogens (tertiary/aromatic N) is 7. The molecule has 2 fully saturated rings. The zero-order valence-electron chi connectivity index (χ0n) is 24.7. The Kier molecular flexibility index (Phi) is 7.86. The molecule has 1 unspecified atom stereocenters. The molecule has 0 saturated carbocycles. The molecule has 2 aromatic carbocycles. The largest absolute Gasteiger partial charge is 0.492 e. The van der Waals surface area contributed by atoms with Gasteiger partial charge in [-0.25, -0.2) is 4.79 Å². The van der Waals surface area contributed by atoms with E-state index < -0.39 is 12.1 Å². The fraction of sp³-hybridized carbons (Fsp3) is 0.406. The summed E-state index contributed by atoms with van der Waals surface area (Å²) in [5, 5.41) is 22.0. The number of aryl methyl sites for hydroxylation is 1. The molecule has 1 N–H and O–H groups in total. The van der Waals surface area contributed by atoms with Crippen LogP contribution >= 0.6 is 0 Å².